The number of nitrogens with zero attached hydrogens (tertiary/aromatic N) is 4. The summed E-state index contributed by atoms with van der Waals surface area (Å²) in [7, 11) is 0. The predicted octanol–water partition coefficient (Wildman–Crippen LogP) is 1.54. The van der Waals surface area contributed by atoms with E-state index >= 15 is 0 Å². The van der Waals surface area contributed by atoms with Crippen LogP contribution in [0.15, 0.2) is 9.52 Å². The maximum absolute atomic E-state index is 5.06. The van der Waals surface area contributed by atoms with Gasteiger partial charge in [0.25, 0.3) is 0 Å². The molecule has 2 rings (SSSR count). The fourth-order valence-corrected chi connectivity index (χ4v) is 2.41. The Morgan fingerprint density at radius 2 is 2.05 bits per heavy atom. The summed E-state index contributed by atoms with van der Waals surface area (Å²) in [5, 5.41) is 10.3. The van der Waals surface area contributed by atoms with Gasteiger partial charge in [0.15, 0.2) is 11.8 Å². The van der Waals surface area contributed by atoms with Gasteiger partial charge in [-0.05, 0) is 39.8 Å². The Morgan fingerprint density at radius 1 is 1.27 bits per heavy atom. The summed E-state index contributed by atoms with van der Waals surface area (Å²) in [6, 6.07) is 0. The zero-order valence-electron chi connectivity index (χ0n) is 13.5. The van der Waals surface area contributed by atoms with Gasteiger partial charge in [-0.15, -0.1) is 24.0 Å². The van der Waals surface area contributed by atoms with Gasteiger partial charge in [0, 0.05) is 19.6 Å². The molecule has 0 amide bonds. The Bertz CT molecular complexity index is 444. The molecule has 0 unspecified atom stereocenters. The van der Waals surface area contributed by atoms with Crippen LogP contribution in [0.3, 0.4) is 0 Å². The van der Waals surface area contributed by atoms with E-state index in [4.69, 9.17) is 4.52 Å². The van der Waals surface area contributed by atoms with Crippen LogP contribution in [0.5, 0.6) is 0 Å². The van der Waals surface area contributed by atoms with Gasteiger partial charge < -0.3 is 20.1 Å². The molecule has 1 aliphatic heterocycles. The van der Waals surface area contributed by atoms with Crippen LogP contribution in [-0.2, 0) is 6.54 Å². The van der Waals surface area contributed by atoms with Gasteiger partial charge in [0.2, 0.25) is 5.89 Å². The van der Waals surface area contributed by atoms with Crippen molar-refractivity contribution >= 4 is 29.9 Å². The first-order valence-electron chi connectivity index (χ1n) is 7.81. The van der Waals surface area contributed by atoms with Crippen LogP contribution in [0.1, 0.15) is 37.9 Å². The van der Waals surface area contributed by atoms with Crippen LogP contribution in [0.4, 0.5) is 0 Å². The standard InChI is InChI=1S/C14H26N6O.HI/c1-3-15-14(17-11-13-18-12(2)19-21-13)16-7-10-20-8-5-4-6-9-20;/h3-11H2,1-2H3,(H2,15,16,17);1H. The molecule has 0 saturated carbocycles. The molecule has 0 atom stereocenters. The first-order chi connectivity index (χ1) is 10.3. The van der Waals surface area contributed by atoms with Gasteiger partial charge in [0.05, 0.1) is 0 Å². The molecule has 0 radical (unpaired) electrons. The summed E-state index contributed by atoms with van der Waals surface area (Å²) < 4.78 is 5.06. The Kier molecular flexibility index (Phi) is 9.37. The smallest absolute Gasteiger partial charge is 0.248 e. The van der Waals surface area contributed by atoms with Crippen LogP contribution in [0.25, 0.3) is 0 Å². The zero-order chi connectivity index (χ0) is 14.9. The van der Waals surface area contributed by atoms with Crippen LogP contribution in [-0.4, -0.2) is 53.7 Å². The Balaban J connectivity index is 0.00000242. The maximum Gasteiger partial charge on any atom is 0.248 e. The lowest BCUT2D eigenvalue weighted by Crippen LogP contribution is -2.42. The second kappa shape index (κ2) is 10.8. The Morgan fingerprint density at radius 3 is 2.68 bits per heavy atom. The molecule has 7 nitrogen and oxygen atoms in total. The molecule has 2 heterocycles. The minimum Gasteiger partial charge on any atom is -0.357 e. The summed E-state index contributed by atoms with van der Waals surface area (Å²) in [6.45, 7) is 9.49. The van der Waals surface area contributed by atoms with Crippen molar-refractivity contribution in [2.24, 2.45) is 4.99 Å². The van der Waals surface area contributed by atoms with Gasteiger partial charge in [-0.1, -0.05) is 11.6 Å². The van der Waals surface area contributed by atoms with Crippen LogP contribution < -0.4 is 10.6 Å². The molecule has 1 aromatic heterocycles. The number of hydrogen-bond donors (Lipinski definition) is 2. The van der Waals surface area contributed by atoms with E-state index in [1.165, 1.54) is 32.4 Å². The van der Waals surface area contributed by atoms with E-state index in [1.54, 1.807) is 6.92 Å². The quantitative estimate of drug-likeness (QED) is 0.412. The fraction of sp³-hybridized carbons (Fsp3) is 0.786. The van der Waals surface area contributed by atoms with Gasteiger partial charge >= 0.3 is 0 Å². The molecule has 0 aromatic carbocycles. The van der Waals surface area contributed by atoms with Crippen LogP contribution in [0, 0.1) is 6.92 Å². The summed E-state index contributed by atoms with van der Waals surface area (Å²) in [5.74, 6) is 1.98. The molecule has 2 N–H and O–H groups in total. The second-order valence-corrected chi connectivity index (χ2v) is 5.26. The van der Waals surface area contributed by atoms with E-state index in [9.17, 15) is 0 Å². The second-order valence-electron chi connectivity index (χ2n) is 5.26. The lowest BCUT2D eigenvalue weighted by atomic mass is 10.1. The minimum atomic E-state index is 0. The molecular formula is C14H27IN6O. The number of hydrogen-bond acceptors (Lipinski definition) is 5. The number of aromatic nitrogens is 2. The van der Waals surface area contributed by atoms with Gasteiger partial charge in [-0.25, -0.2) is 4.99 Å². The highest BCUT2D eigenvalue weighted by Crippen LogP contribution is 2.07. The van der Waals surface area contributed by atoms with Crippen molar-refractivity contribution < 1.29 is 4.52 Å². The molecule has 1 aromatic rings. The van der Waals surface area contributed by atoms with Crippen molar-refractivity contribution in [1.82, 2.24) is 25.7 Å². The third-order valence-electron chi connectivity index (χ3n) is 3.46. The van der Waals surface area contributed by atoms with Crippen molar-refractivity contribution in [3.8, 4) is 0 Å². The number of aliphatic imine (C=N–C) groups is 1. The summed E-state index contributed by atoms with van der Waals surface area (Å²) >= 11 is 0. The molecule has 1 aliphatic rings. The van der Waals surface area contributed by atoms with Crippen molar-refractivity contribution in [1.29, 1.82) is 0 Å². The van der Waals surface area contributed by atoms with Gasteiger partial charge in [-0.3, -0.25) is 0 Å². The fourth-order valence-electron chi connectivity index (χ4n) is 2.41. The Labute approximate surface area is 149 Å². The van der Waals surface area contributed by atoms with Crippen LogP contribution >= 0.6 is 24.0 Å². The summed E-state index contributed by atoms with van der Waals surface area (Å²) in [6.07, 6.45) is 4.02. The van der Waals surface area contributed by atoms with Crippen molar-refractivity contribution in [3.05, 3.63) is 11.7 Å². The highest BCUT2D eigenvalue weighted by atomic mass is 127. The molecule has 0 aliphatic carbocycles. The SMILES string of the molecule is CCNC(=NCc1nc(C)no1)NCCN1CCCCC1.I. The minimum absolute atomic E-state index is 0. The molecule has 0 spiro atoms. The van der Waals surface area contributed by atoms with E-state index in [1.807, 2.05) is 0 Å². The molecule has 1 fully saturated rings. The van der Waals surface area contributed by atoms with E-state index in [-0.39, 0.29) is 24.0 Å². The highest BCUT2D eigenvalue weighted by molar-refractivity contribution is 14.0. The van der Waals surface area contributed by atoms with Crippen LogP contribution in [0.2, 0.25) is 0 Å². The monoisotopic (exact) mass is 422 g/mol. The van der Waals surface area contributed by atoms with Gasteiger partial charge in [0.1, 0.15) is 6.54 Å². The average Bonchev–Trinajstić information content (AvgIpc) is 2.91. The normalized spacial score (nSPS) is 16.2. The number of aryl methyl sites for hydroxylation is 1. The highest BCUT2D eigenvalue weighted by Gasteiger charge is 2.09. The molecule has 0 bridgehead atoms. The maximum atomic E-state index is 5.06. The molecular weight excluding hydrogens is 395 g/mol. The number of likely N-dealkylation sites (tertiary alicyclic amines) is 1. The van der Waals surface area contributed by atoms with E-state index in [0.717, 1.165) is 25.6 Å². The van der Waals surface area contributed by atoms with Gasteiger partial charge in [-0.2, -0.15) is 4.98 Å². The lowest BCUT2D eigenvalue weighted by molar-refractivity contribution is 0.232. The zero-order valence-corrected chi connectivity index (χ0v) is 15.8. The van der Waals surface area contributed by atoms with E-state index in [0.29, 0.717) is 18.3 Å². The number of guanidine groups is 1. The average molecular weight is 422 g/mol. The number of halogens is 1. The largest absolute Gasteiger partial charge is 0.357 e. The van der Waals surface area contributed by atoms with E-state index in [2.05, 4.69) is 37.6 Å². The topological polar surface area (TPSA) is 78.6 Å². The predicted molar refractivity (Wildman–Crippen MR) is 97.6 cm³/mol. The number of nitrogens with one attached hydrogen (secondary N) is 2. The van der Waals surface area contributed by atoms with E-state index < -0.39 is 0 Å². The third-order valence-corrected chi connectivity index (χ3v) is 3.46. The van der Waals surface area contributed by atoms with Crippen molar-refractivity contribution in [2.45, 2.75) is 39.7 Å². The molecule has 22 heavy (non-hydrogen) atoms. The van der Waals surface area contributed by atoms with Crippen molar-refractivity contribution in [3.63, 3.8) is 0 Å². The Hall–Kier alpha value is -0.900. The number of rotatable bonds is 6. The molecule has 126 valence electrons. The summed E-state index contributed by atoms with van der Waals surface area (Å²) in [4.78, 5) is 11.1. The third kappa shape index (κ3) is 6.91. The van der Waals surface area contributed by atoms with Crippen molar-refractivity contribution in [2.75, 3.05) is 32.7 Å². The first-order valence-corrected chi connectivity index (χ1v) is 7.81. The number of piperidine rings is 1. The lowest BCUT2D eigenvalue weighted by Gasteiger charge is -2.26. The molecule has 8 heteroatoms. The molecule has 1 saturated heterocycles. The summed E-state index contributed by atoms with van der Waals surface area (Å²) in [5.41, 5.74) is 0. The first kappa shape index (κ1) is 19.1.